The molecular formula is C16H25N3O. The van der Waals surface area contributed by atoms with Gasteiger partial charge in [-0.25, -0.2) is 0 Å². The van der Waals surface area contributed by atoms with Crippen LogP contribution in [0, 0.1) is 6.92 Å². The molecular weight excluding hydrogens is 250 g/mol. The monoisotopic (exact) mass is 275 g/mol. The van der Waals surface area contributed by atoms with Crippen molar-refractivity contribution in [3.8, 4) is 0 Å². The summed E-state index contributed by atoms with van der Waals surface area (Å²) in [5.41, 5.74) is 2.71. The van der Waals surface area contributed by atoms with Crippen LogP contribution in [0.3, 0.4) is 0 Å². The van der Waals surface area contributed by atoms with Gasteiger partial charge < -0.3 is 15.0 Å². The summed E-state index contributed by atoms with van der Waals surface area (Å²) in [5.74, 6) is 0. The van der Waals surface area contributed by atoms with Crippen molar-refractivity contribution in [2.75, 3.05) is 57.4 Å². The van der Waals surface area contributed by atoms with Gasteiger partial charge in [0.05, 0.1) is 13.2 Å². The largest absolute Gasteiger partial charge is 0.378 e. The van der Waals surface area contributed by atoms with Crippen molar-refractivity contribution in [3.63, 3.8) is 0 Å². The number of aryl methyl sites for hydroxylation is 1. The zero-order valence-electron chi connectivity index (χ0n) is 12.3. The third-order valence-electron chi connectivity index (χ3n) is 4.22. The number of nitrogens with zero attached hydrogens (tertiary/aromatic N) is 2. The standard InChI is InChI=1S/C16H25N3O/c1-14-3-2-4-16(11-14)19-8-6-18(7-9-19)12-15-13-20-10-5-17-15/h2-4,11,15,17H,5-10,12-13H2,1H3. The van der Waals surface area contributed by atoms with Crippen molar-refractivity contribution in [2.45, 2.75) is 13.0 Å². The van der Waals surface area contributed by atoms with Gasteiger partial charge in [-0.2, -0.15) is 0 Å². The van der Waals surface area contributed by atoms with Crippen molar-refractivity contribution >= 4 is 5.69 Å². The molecule has 0 radical (unpaired) electrons. The topological polar surface area (TPSA) is 27.7 Å². The van der Waals surface area contributed by atoms with E-state index in [0.717, 1.165) is 52.5 Å². The molecule has 0 aliphatic carbocycles. The second-order valence-electron chi connectivity index (χ2n) is 5.85. The van der Waals surface area contributed by atoms with Gasteiger partial charge in [0, 0.05) is 51.0 Å². The van der Waals surface area contributed by atoms with E-state index < -0.39 is 0 Å². The average Bonchev–Trinajstić information content (AvgIpc) is 2.49. The molecule has 2 heterocycles. The molecule has 1 unspecified atom stereocenters. The Bertz CT molecular complexity index is 423. The van der Waals surface area contributed by atoms with Crippen LogP contribution in [0.25, 0.3) is 0 Å². The summed E-state index contributed by atoms with van der Waals surface area (Å²) in [6.45, 7) is 10.5. The molecule has 1 aromatic rings. The number of morpholine rings is 1. The zero-order chi connectivity index (χ0) is 13.8. The van der Waals surface area contributed by atoms with Crippen LogP contribution in [0.2, 0.25) is 0 Å². The van der Waals surface area contributed by atoms with E-state index in [4.69, 9.17) is 4.74 Å². The van der Waals surface area contributed by atoms with Crippen LogP contribution < -0.4 is 10.2 Å². The Morgan fingerprint density at radius 3 is 2.80 bits per heavy atom. The number of hydrogen-bond acceptors (Lipinski definition) is 4. The number of anilines is 1. The van der Waals surface area contributed by atoms with E-state index in [1.165, 1.54) is 11.3 Å². The van der Waals surface area contributed by atoms with E-state index in [2.05, 4.69) is 46.3 Å². The molecule has 0 bridgehead atoms. The van der Waals surface area contributed by atoms with Gasteiger partial charge in [0.1, 0.15) is 0 Å². The molecule has 1 atom stereocenters. The lowest BCUT2D eigenvalue weighted by atomic mass is 10.2. The van der Waals surface area contributed by atoms with Crippen LogP contribution in [0.1, 0.15) is 5.56 Å². The predicted octanol–water partition coefficient (Wildman–Crippen LogP) is 1.11. The number of piperazine rings is 1. The van der Waals surface area contributed by atoms with Gasteiger partial charge in [0.2, 0.25) is 0 Å². The normalized spacial score (nSPS) is 24.9. The predicted molar refractivity (Wildman–Crippen MR) is 82.4 cm³/mol. The highest BCUT2D eigenvalue weighted by molar-refractivity contribution is 5.48. The highest BCUT2D eigenvalue weighted by atomic mass is 16.5. The fourth-order valence-electron chi connectivity index (χ4n) is 3.06. The Morgan fingerprint density at radius 2 is 2.10 bits per heavy atom. The van der Waals surface area contributed by atoms with Crippen molar-refractivity contribution < 1.29 is 4.74 Å². The Morgan fingerprint density at radius 1 is 1.25 bits per heavy atom. The van der Waals surface area contributed by atoms with E-state index in [9.17, 15) is 0 Å². The van der Waals surface area contributed by atoms with E-state index in [1.807, 2.05) is 0 Å². The lowest BCUT2D eigenvalue weighted by Gasteiger charge is -2.38. The molecule has 0 saturated carbocycles. The lowest BCUT2D eigenvalue weighted by Crippen LogP contribution is -2.53. The Labute approximate surface area is 121 Å². The third kappa shape index (κ3) is 3.51. The first kappa shape index (κ1) is 13.9. The highest BCUT2D eigenvalue weighted by Crippen LogP contribution is 2.17. The van der Waals surface area contributed by atoms with Gasteiger partial charge in [-0.05, 0) is 24.6 Å². The molecule has 2 aliphatic rings. The first-order valence-corrected chi connectivity index (χ1v) is 7.66. The molecule has 2 aliphatic heterocycles. The van der Waals surface area contributed by atoms with Crippen LogP contribution in [-0.4, -0.2) is 63.4 Å². The molecule has 0 aromatic heterocycles. The summed E-state index contributed by atoms with van der Waals surface area (Å²) < 4.78 is 5.53. The number of ether oxygens (including phenoxy) is 1. The maximum Gasteiger partial charge on any atom is 0.0632 e. The Balaban J connectivity index is 1.49. The van der Waals surface area contributed by atoms with Gasteiger partial charge in [-0.1, -0.05) is 12.1 Å². The summed E-state index contributed by atoms with van der Waals surface area (Å²) in [7, 11) is 0. The summed E-state index contributed by atoms with van der Waals surface area (Å²) >= 11 is 0. The minimum atomic E-state index is 0.509. The van der Waals surface area contributed by atoms with E-state index in [0.29, 0.717) is 6.04 Å². The summed E-state index contributed by atoms with van der Waals surface area (Å²) in [4.78, 5) is 5.05. The maximum atomic E-state index is 5.53. The summed E-state index contributed by atoms with van der Waals surface area (Å²) in [5, 5.41) is 3.54. The molecule has 20 heavy (non-hydrogen) atoms. The smallest absolute Gasteiger partial charge is 0.0632 e. The molecule has 2 saturated heterocycles. The van der Waals surface area contributed by atoms with E-state index in [-0.39, 0.29) is 0 Å². The molecule has 0 amide bonds. The van der Waals surface area contributed by atoms with Crippen LogP contribution in [0.15, 0.2) is 24.3 Å². The minimum absolute atomic E-state index is 0.509. The fraction of sp³-hybridized carbons (Fsp3) is 0.625. The molecule has 0 spiro atoms. The summed E-state index contributed by atoms with van der Waals surface area (Å²) in [6.07, 6.45) is 0. The van der Waals surface area contributed by atoms with Gasteiger partial charge >= 0.3 is 0 Å². The SMILES string of the molecule is Cc1cccc(N2CCN(CC3COCCN3)CC2)c1. The third-order valence-corrected chi connectivity index (χ3v) is 4.22. The van der Waals surface area contributed by atoms with Gasteiger partial charge in [-0.3, -0.25) is 4.90 Å². The van der Waals surface area contributed by atoms with Crippen molar-refractivity contribution in [1.82, 2.24) is 10.2 Å². The number of rotatable bonds is 3. The van der Waals surface area contributed by atoms with Crippen molar-refractivity contribution in [3.05, 3.63) is 29.8 Å². The maximum absolute atomic E-state index is 5.53. The average molecular weight is 275 g/mol. The number of benzene rings is 1. The molecule has 2 fully saturated rings. The second-order valence-corrected chi connectivity index (χ2v) is 5.85. The number of hydrogen-bond donors (Lipinski definition) is 1. The first-order chi connectivity index (χ1) is 9.81. The van der Waals surface area contributed by atoms with Gasteiger partial charge in [-0.15, -0.1) is 0 Å². The second kappa shape index (κ2) is 6.57. The molecule has 4 heteroatoms. The number of nitrogens with one attached hydrogen (secondary N) is 1. The molecule has 1 aromatic carbocycles. The van der Waals surface area contributed by atoms with Crippen molar-refractivity contribution in [2.24, 2.45) is 0 Å². The Kier molecular flexibility index (Phi) is 4.55. The van der Waals surface area contributed by atoms with Gasteiger partial charge in [0.25, 0.3) is 0 Å². The van der Waals surface area contributed by atoms with Crippen molar-refractivity contribution in [1.29, 1.82) is 0 Å². The van der Waals surface area contributed by atoms with Crippen LogP contribution in [-0.2, 0) is 4.74 Å². The first-order valence-electron chi connectivity index (χ1n) is 7.66. The zero-order valence-corrected chi connectivity index (χ0v) is 12.3. The Hall–Kier alpha value is -1.10. The lowest BCUT2D eigenvalue weighted by molar-refractivity contribution is 0.0610. The van der Waals surface area contributed by atoms with E-state index >= 15 is 0 Å². The molecule has 110 valence electrons. The minimum Gasteiger partial charge on any atom is -0.378 e. The quantitative estimate of drug-likeness (QED) is 0.894. The van der Waals surface area contributed by atoms with Crippen LogP contribution >= 0.6 is 0 Å². The summed E-state index contributed by atoms with van der Waals surface area (Å²) in [6, 6.07) is 9.33. The molecule has 3 rings (SSSR count). The van der Waals surface area contributed by atoms with Crippen LogP contribution in [0.5, 0.6) is 0 Å². The fourth-order valence-corrected chi connectivity index (χ4v) is 3.06. The molecule has 1 N–H and O–H groups in total. The van der Waals surface area contributed by atoms with E-state index in [1.54, 1.807) is 0 Å². The van der Waals surface area contributed by atoms with Crippen LogP contribution in [0.4, 0.5) is 5.69 Å². The highest BCUT2D eigenvalue weighted by Gasteiger charge is 2.21. The van der Waals surface area contributed by atoms with Gasteiger partial charge in [0.15, 0.2) is 0 Å². The molecule has 4 nitrogen and oxygen atoms in total.